The summed E-state index contributed by atoms with van der Waals surface area (Å²) in [5.41, 5.74) is 4.65. The Morgan fingerprint density at radius 1 is 0.843 bits per heavy atom. The van der Waals surface area contributed by atoms with E-state index in [1.807, 2.05) is 24.3 Å². The highest BCUT2D eigenvalue weighted by Gasteiger charge is 2.59. The lowest BCUT2D eigenvalue weighted by molar-refractivity contribution is -0.151. The molecule has 1 heterocycles. The fourth-order valence-corrected chi connectivity index (χ4v) is 11.2. The Morgan fingerprint density at radius 3 is 2.24 bits per heavy atom. The van der Waals surface area contributed by atoms with Crippen molar-refractivity contribution in [2.75, 3.05) is 19.8 Å². The summed E-state index contributed by atoms with van der Waals surface area (Å²) < 4.78 is 23.0. The van der Waals surface area contributed by atoms with Gasteiger partial charge in [-0.3, -0.25) is 4.79 Å². The zero-order chi connectivity index (χ0) is 35.6. The highest BCUT2D eigenvalue weighted by molar-refractivity contribution is 5.69. The summed E-state index contributed by atoms with van der Waals surface area (Å²) in [4.78, 5) is 12.9. The SMILES string of the molecule is CC(C)CCC[C@@H](C)[C@H]1CC[C@H]2[C@@H]3CC=C4C[C@@H](OC(=O)CCCOc5ccc(-c6ccc(OCC7CO7)cc6)cc5)CC[C@]4(C)[C@H]3CC[C@]12C. The number of esters is 1. The number of allylic oxidation sites excluding steroid dienone is 1. The van der Waals surface area contributed by atoms with Crippen molar-refractivity contribution in [2.24, 2.45) is 46.3 Å². The standard InChI is InChI=1S/C46H64O5/c1-31(2)8-6-9-32(3)41-21-22-42-40-20-15-35-28-38(23-25-45(35,4)43(40)24-26-46(41,42)5)51-44(47)10-7-27-48-36-16-11-33(12-17-36)34-13-18-37(19-14-34)49-29-39-30-50-39/h11-19,31-32,38-43H,6-10,20-30H2,1-5H3/t32-,38+,39?,40+,41-,42+,43+,45+,46-/m1/s1. The predicted molar refractivity (Wildman–Crippen MR) is 205 cm³/mol. The van der Waals surface area contributed by atoms with E-state index >= 15 is 0 Å². The van der Waals surface area contributed by atoms with Crippen LogP contribution in [0.3, 0.4) is 0 Å². The second-order valence-corrected chi connectivity index (χ2v) is 17.9. The number of ether oxygens (including phenoxy) is 4. The normalized spacial score (nSPS) is 33.0. The summed E-state index contributed by atoms with van der Waals surface area (Å²) in [6.45, 7) is 14.5. The molecule has 9 atom stereocenters. The molecule has 7 rings (SSSR count). The van der Waals surface area contributed by atoms with Crippen LogP contribution in [-0.2, 0) is 14.3 Å². The predicted octanol–water partition coefficient (Wildman–Crippen LogP) is 11.2. The Balaban J connectivity index is 0.844. The monoisotopic (exact) mass is 696 g/mol. The molecule has 5 heteroatoms. The highest BCUT2D eigenvalue weighted by Crippen LogP contribution is 2.67. The molecule has 0 aromatic heterocycles. The molecule has 2 aromatic carbocycles. The molecule has 0 bridgehead atoms. The lowest BCUT2D eigenvalue weighted by Crippen LogP contribution is -2.51. The Labute approximate surface area is 308 Å². The number of hydrogen-bond donors (Lipinski definition) is 0. The molecular weight excluding hydrogens is 633 g/mol. The molecule has 3 saturated carbocycles. The van der Waals surface area contributed by atoms with E-state index in [1.54, 1.807) is 5.57 Å². The first-order valence-corrected chi connectivity index (χ1v) is 20.6. The average Bonchev–Trinajstić information content (AvgIpc) is 3.88. The molecule has 5 nitrogen and oxygen atoms in total. The summed E-state index contributed by atoms with van der Waals surface area (Å²) >= 11 is 0. The number of benzene rings is 2. The van der Waals surface area contributed by atoms with Crippen LogP contribution < -0.4 is 9.47 Å². The molecule has 1 saturated heterocycles. The molecule has 5 aliphatic rings. The van der Waals surface area contributed by atoms with Gasteiger partial charge in [0.15, 0.2) is 0 Å². The molecule has 0 amide bonds. The van der Waals surface area contributed by atoms with Crippen LogP contribution >= 0.6 is 0 Å². The van der Waals surface area contributed by atoms with Crippen molar-refractivity contribution in [3.05, 3.63) is 60.2 Å². The first-order valence-electron chi connectivity index (χ1n) is 20.6. The van der Waals surface area contributed by atoms with Gasteiger partial charge in [-0.1, -0.05) is 89.8 Å². The van der Waals surface area contributed by atoms with Crippen LogP contribution in [0.1, 0.15) is 118 Å². The third-order valence-electron chi connectivity index (χ3n) is 14.2. The second kappa shape index (κ2) is 15.7. The number of carbonyl (C=O) groups excluding carboxylic acids is 1. The maximum absolute atomic E-state index is 12.9. The molecule has 4 aliphatic carbocycles. The van der Waals surface area contributed by atoms with E-state index in [0.717, 1.165) is 84.0 Å². The molecule has 0 spiro atoms. The van der Waals surface area contributed by atoms with Gasteiger partial charge < -0.3 is 18.9 Å². The molecule has 51 heavy (non-hydrogen) atoms. The Bertz CT molecular complexity index is 1490. The van der Waals surface area contributed by atoms with Gasteiger partial charge in [0.1, 0.15) is 30.3 Å². The fourth-order valence-electron chi connectivity index (χ4n) is 11.2. The zero-order valence-electron chi connectivity index (χ0n) is 32.2. The minimum Gasteiger partial charge on any atom is -0.494 e. The van der Waals surface area contributed by atoms with Crippen LogP contribution in [0.5, 0.6) is 11.5 Å². The van der Waals surface area contributed by atoms with E-state index in [-0.39, 0.29) is 23.6 Å². The smallest absolute Gasteiger partial charge is 0.306 e. The molecule has 1 unspecified atom stereocenters. The van der Waals surface area contributed by atoms with Crippen LogP contribution in [0, 0.1) is 46.3 Å². The average molecular weight is 697 g/mol. The summed E-state index contributed by atoms with van der Waals surface area (Å²) in [6.07, 6.45) is 18.1. The fraction of sp³-hybridized carbons (Fsp3) is 0.674. The van der Waals surface area contributed by atoms with Gasteiger partial charge in [0, 0.05) is 12.8 Å². The largest absolute Gasteiger partial charge is 0.494 e. The van der Waals surface area contributed by atoms with Crippen LogP contribution in [0.25, 0.3) is 11.1 Å². The minimum atomic E-state index is -0.0816. The van der Waals surface area contributed by atoms with Gasteiger partial charge in [-0.15, -0.1) is 0 Å². The van der Waals surface area contributed by atoms with Crippen molar-refractivity contribution >= 4 is 5.97 Å². The molecule has 4 fully saturated rings. The first kappa shape index (κ1) is 36.6. The van der Waals surface area contributed by atoms with E-state index < -0.39 is 0 Å². The zero-order valence-corrected chi connectivity index (χ0v) is 32.2. The second-order valence-electron chi connectivity index (χ2n) is 17.9. The summed E-state index contributed by atoms with van der Waals surface area (Å²) in [5, 5.41) is 0. The van der Waals surface area contributed by atoms with E-state index in [0.29, 0.717) is 31.5 Å². The van der Waals surface area contributed by atoms with Crippen LogP contribution in [0.15, 0.2) is 60.2 Å². The first-order chi connectivity index (χ1) is 24.6. The molecule has 278 valence electrons. The number of epoxide rings is 1. The maximum Gasteiger partial charge on any atom is 0.306 e. The number of carbonyl (C=O) groups is 1. The summed E-state index contributed by atoms with van der Waals surface area (Å²) in [6, 6.07) is 16.3. The molecule has 0 N–H and O–H groups in total. The van der Waals surface area contributed by atoms with Gasteiger partial charge in [-0.05, 0) is 133 Å². The van der Waals surface area contributed by atoms with Gasteiger partial charge in [0.05, 0.1) is 13.2 Å². The van der Waals surface area contributed by atoms with Gasteiger partial charge >= 0.3 is 5.97 Å². The maximum atomic E-state index is 12.9. The van der Waals surface area contributed by atoms with Crippen LogP contribution in [0.2, 0.25) is 0 Å². The Hall–Kier alpha value is -2.79. The number of fused-ring (bicyclic) bond motifs is 5. The molecule has 0 radical (unpaired) electrons. The van der Waals surface area contributed by atoms with E-state index in [9.17, 15) is 4.79 Å². The highest BCUT2D eigenvalue weighted by atomic mass is 16.6. The molecule has 2 aromatic rings. The van der Waals surface area contributed by atoms with Gasteiger partial charge in [-0.2, -0.15) is 0 Å². The third-order valence-corrected chi connectivity index (χ3v) is 14.2. The topological polar surface area (TPSA) is 57.3 Å². The molecular formula is C46H64O5. The Kier molecular flexibility index (Phi) is 11.2. The van der Waals surface area contributed by atoms with E-state index in [2.05, 4.69) is 65.0 Å². The number of rotatable bonds is 15. The molecule has 1 aliphatic heterocycles. The lowest BCUT2D eigenvalue weighted by Gasteiger charge is -2.58. The Morgan fingerprint density at radius 2 is 1.55 bits per heavy atom. The van der Waals surface area contributed by atoms with Crippen molar-refractivity contribution in [1.82, 2.24) is 0 Å². The lowest BCUT2D eigenvalue weighted by atomic mass is 9.47. The quantitative estimate of drug-likeness (QED) is 0.0803. The summed E-state index contributed by atoms with van der Waals surface area (Å²) in [5.74, 6) is 6.68. The van der Waals surface area contributed by atoms with Crippen molar-refractivity contribution in [3.63, 3.8) is 0 Å². The van der Waals surface area contributed by atoms with Gasteiger partial charge in [0.25, 0.3) is 0 Å². The van der Waals surface area contributed by atoms with Crippen LogP contribution in [-0.4, -0.2) is 38.0 Å². The van der Waals surface area contributed by atoms with Crippen molar-refractivity contribution in [3.8, 4) is 22.6 Å². The van der Waals surface area contributed by atoms with Gasteiger partial charge in [0.2, 0.25) is 0 Å². The minimum absolute atomic E-state index is 0.0195. The van der Waals surface area contributed by atoms with E-state index in [1.165, 1.54) is 51.4 Å². The third kappa shape index (κ3) is 8.24. The van der Waals surface area contributed by atoms with Crippen LogP contribution in [0.4, 0.5) is 0 Å². The van der Waals surface area contributed by atoms with Crippen molar-refractivity contribution in [1.29, 1.82) is 0 Å². The number of hydrogen-bond acceptors (Lipinski definition) is 5. The van der Waals surface area contributed by atoms with Crippen molar-refractivity contribution in [2.45, 2.75) is 130 Å². The van der Waals surface area contributed by atoms with Crippen molar-refractivity contribution < 1.29 is 23.7 Å². The van der Waals surface area contributed by atoms with E-state index in [4.69, 9.17) is 18.9 Å². The summed E-state index contributed by atoms with van der Waals surface area (Å²) in [7, 11) is 0. The van der Waals surface area contributed by atoms with Gasteiger partial charge in [-0.25, -0.2) is 0 Å².